The lowest BCUT2D eigenvalue weighted by atomic mass is 9.87. The van der Waals surface area contributed by atoms with Crippen molar-refractivity contribution in [1.29, 1.82) is 0 Å². The monoisotopic (exact) mass is 163 g/mol. The number of hydrogen-bond acceptors (Lipinski definition) is 1. The van der Waals surface area contributed by atoms with Gasteiger partial charge in [0.25, 0.3) is 0 Å². The van der Waals surface area contributed by atoms with E-state index in [9.17, 15) is 0 Å². The number of likely N-dealkylation sites (N-methyl/N-ethyl adjacent to an activating group) is 1. The van der Waals surface area contributed by atoms with E-state index in [-0.39, 0.29) is 0 Å². The predicted octanol–water partition coefficient (Wildman–Crippen LogP) is 2.21. The van der Waals surface area contributed by atoms with E-state index in [2.05, 4.69) is 31.0 Å². The highest BCUT2D eigenvalue weighted by atomic mass is 15.1. The van der Waals surface area contributed by atoms with Crippen LogP contribution in [0.15, 0.2) is 23.3 Å². The molecule has 0 bridgehead atoms. The lowest BCUT2D eigenvalue weighted by Gasteiger charge is -2.30. The molecule has 0 aromatic carbocycles. The zero-order chi connectivity index (χ0) is 8.55. The first-order valence-electron chi connectivity index (χ1n) is 4.84. The summed E-state index contributed by atoms with van der Waals surface area (Å²) in [5, 5.41) is 0. The molecule has 1 aliphatic carbocycles. The maximum Gasteiger partial charge on any atom is 0.0230 e. The Morgan fingerprint density at radius 1 is 1.42 bits per heavy atom. The molecule has 1 atom stereocenters. The van der Waals surface area contributed by atoms with Crippen LogP contribution in [0.5, 0.6) is 0 Å². The summed E-state index contributed by atoms with van der Waals surface area (Å²) < 4.78 is 0. The first kappa shape index (κ1) is 8.06. The molecule has 1 nitrogen and oxygen atoms in total. The molecule has 0 amide bonds. The van der Waals surface area contributed by atoms with Crippen molar-refractivity contribution >= 4 is 0 Å². The molecule has 1 aliphatic heterocycles. The Kier molecular flexibility index (Phi) is 2.05. The summed E-state index contributed by atoms with van der Waals surface area (Å²) >= 11 is 0. The number of allylic oxidation sites excluding steroid dienone is 2. The van der Waals surface area contributed by atoms with Crippen molar-refractivity contribution in [2.45, 2.75) is 19.8 Å². The summed E-state index contributed by atoms with van der Waals surface area (Å²) in [7, 11) is 2.20. The quantitative estimate of drug-likeness (QED) is 0.529. The van der Waals surface area contributed by atoms with Crippen LogP contribution in [-0.4, -0.2) is 25.0 Å². The van der Waals surface area contributed by atoms with Gasteiger partial charge in [0.1, 0.15) is 0 Å². The summed E-state index contributed by atoms with van der Waals surface area (Å²) in [6, 6.07) is 0. The number of fused-ring (bicyclic) bond motifs is 1. The van der Waals surface area contributed by atoms with Gasteiger partial charge in [-0.2, -0.15) is 0 Å². The normalized spacial score (nSPS) is 30.7. The average molecular weight is 163 g/mol. The second-order valence-corrected chi connectivity index (χ2v) is 4.12. The largest absolute Gasteiger partial charge is 0.302 e. The van der Waals surface area contributed by atoms with Crippen LogP contribution in [0, 0.1) is 5.92 Å². The van der Waals surface area contributed by atoms with Gasteiger partial charge < -0.3 is 4.90 Å². The van der Waals surface area contributed by atoms with Crippen molar-refractivity contribution in [1.82, 2.24) is 4.90 Å². The molecule has 0 unspecified atom stereocenters. The van der Waals surface area contributed by atoms with Crippen LogP contribution in [0.4, 0.5) is 0 Å². The average Bonchev–Trinajstić information content (AvgIpc) is 2.05. The van der Waals surface area contributed by atoms with Gasteiger partial charge in [-0.05, 0) is 37.0 Å². The van der Waals surface area contributed by atoms with E-state index in [4.69, 9.17) is 0 Å². The van der Waals surface area contributed by atoms with Crippen LogP contribution < -0.4 is 0 Å². The van der Waals surface area contributed by atoms with Crippen molar-refractivity contribution < 1.29 is 0 Å². The van der Waals surface area contributed by atoms with Crippen LogP contribution in [0.3, 0.4) is 0 Å². The van der Waals surface area contributed by atoms with E-state index in [1.54, 1.807) is 11.1 Å². The molecule has 0 spiro atoms. The number of rotatable bonds is 0. The number of nitrogens with zero attached hydrogens (tertiary/aromatic N) is 1. The van der Waals surface area contributed by atoms with Crippen molar-refractivity contribution in [3.8, 4) is 0 Å². The Hall–Kier alpha value is -0.560. The summed E-state index contributed by atoms with van der Waals surface area (Å²) in [6.07, 6.45) is 7.39. The summed E-state index contributed by atoms with van der Waals surface area (Å²) in [6.45, 7) is 4.70. The third kappa shape index (κ3) is 1.46. The third-order valence-corrected chi connectivity index (χ3v) is 2.84. The minimum absolute atomic E-state index is 0.771. The zero-order valence-electron chi connectivity index (χ0n) is 8.01. The van der Waals surface area contributed by atoms with Gasteiger partial charge in [0.15, 0.2) is 0 Å². The van der Waals surface area contributed by atoms with E-state index in [1.807, 2.05) is 0 Å². The Bertz CT molecular complexity index is 237. The topological polar surface area (TPSA) is 3.24 Å². The second-order valence-electron chi connectivity index (χ2n) is 4.12. The van der Waals surface area contributed by atoms with Crippen LogP contribution in [-0.2, 0) is 0 Å². The fourth-order valence-electron chi connectivity index (χ4n) is 2.07. The molecule has 66 valence electrons. The van der Waals surface area contributed by atoms with Gasteiger partial charge in [-0.3, -0.25) is 0 Å². The Labute approximate surface area is 74.8 Å². The Morgan fingerprint density at radius 2 is 2.25 bits per heavy atom. The molecule has 1 fully saturated rings. The third-order valence-electron chi connectivity index (χ3n) is 2.84. The number of hydrogen-bond donors (Lipinski definition) is 0. The molecule has 1 heteroatoms. The Balaban J connectivity index is 2.16. The summed E-state index contributed by atoms with van der Waals surface area (Å²) in [5.41, 5.74) is 3.20. The molecular weight excluding hydrogens is 146 g/mol. The molecule has 0 aromatic rings. The maximum absolute atomic E-state index is 2.46. The van der Waals surface area contributed by atoms with Crippen molar-refractivity contribution in [3.05, 3.63) is 23.3 Å². The lowest BCUT2D eigenvalue weighted by molar-refractivity contribution is 0.344. The van der Waals surface area contributed by atoms with Gasteiger partial charge in [0.2, 0.25) is 0 Å². The molecule has 0 saturated carbocycles. The molecule has 12 heavy (non-hydrogen) atoms. The van der Waals surface area contributed by atoms with Gasteiger partial charge in [-0.25, -0.2) is 0 Å². The highest BCUT2D eigenvalue weighted by Crippen LogP contribution is 2.28. The minimum Gasteiger partial charge on any atom is -0.302 e. The summed E-state index contributed by atoms with van der Waals surface area (Å²) in [4.78, 5) is 2.40. The standard InChI is InChI=1S/C11H17N/c1-9-3-4-11-8-12(2)6-5-10(11)7-9/h4,7,9H,3,5-6,8H2,1-2H3/t9-/m0/s1. The molecule has 1 heterocycles. The number of likely N-dealkylation sites (tertiary alicyclic amines) is 1. The first-order valence-corrected chi connectivity index (χ1v) is 4.84. The van der Waals surface area contributed by atoms with E-state index < -0.39 is 0 Å². The lowest BCUT2D eigenvalue weighted by Crippen LogP contribution is -2.29. The Morgan fingerprint density at radius 3 is 3.08 bits per heavy atom. The van der Waals surface area contributed by atoms with Crippen LogP contribution in [0.2, 0.25) is 0 Å². The van der Waals surface area contributed by atoms with Gasteiger partial charge >= 0.3 is 0 Å². The van der Waals surface area contributed by atoms with Crippen LogP contribution >= 0.6 is 0 Å². The van der Waals surface area contributed by atoms with Crippen molar-refractivity contribution in [2.24, 2.45) is 5.92 Å². The fraction of sp³-hybridized carbons (Fsp3) is 0.636. The minimum atomic E-state index is 0.771. The van der Waals surface area contributed by atoms with Gasteiger partial charge in [0.05, 0.1) is 0 Å². The SMILES string of the molecule is C[C@@H]1C=C2CCN(C)CC2=CC1. The molecular formula is C11H17N. The predicted molar refractivity (Wildman–Crippen MR) is 52.1 cm³/mol. The summed E-state index contributed by atoms with van der Waals surface area (Å²) in [5.74, 6) is 0.771. The molecule has 0 aromatic heterocycles. The smallest absolute Gasteiger partial charge is 0.0230 e. The molecule has 1 saturated heterocycles. The van der Waals surface area contributed by atoms with E-state index >= 15 is 0 Å². The van der Waals surface area contributed by atoms with Crippen molar-refractivity contribution in [2.75, 3.05) is 20.1 Å². The zero-order valence-corrected chi connectivity index (χ0v) is 8.01. The van der Waals surface area contributed by atoms with Crippen LogP contribution in [0.1, 0.15) is 19.8 Å². The molecule has 0 N–H and O–H groups in total. The van der Waals surface area contributed by atoms with Gasteiger partial charge in [-0.1, -0.05) is 19.1 Å². The maximum atomic E-state index is 2.46. The van der Waals surface area contributed by atoms with Crippen LogP contribution in [0.25, 0.3) is 0 Å². The van der Waals surface area contributed by atoms with Gasteiger partial charge in [0, 0.05) is 13.1 Å². The highest BCUT2D eigenvalue weighted by molar-refractivity contribution is 5.37. The first-order chi connectivity index (χ1) is 5.75. The van der Waals surface area contributed by atoms with Crippen molar-refractivity contribution in [3.63, 3.8) is 0 Å². The fourth-order valence-corrected chi connectivity index (χ4v) is 2.07. The van der Waals surface area contributed by atoms with Gasteiger partial charge in [-0.15, -0.1) is 0 Å². The molecule has 2 aliphatic rings. The highest BCUT2D eigenvalue weighted by Gasteiger charge is 2.18. The molecule has 2 rings (SSSR count). The van der Waals surface area contributed by atoms with E-state index in [1.165, 1.54) is 25.9 Å². The van der Waals surface area contributed by atoms with E-state index in [0.717, 1.165) is 5.92 Å². The van der Waals surface area contributed by atoms with E-state index in [0.29, 0.717) is 0 Å². The number of piperidine rings is 1. The second kappa shape index (κ2) is 3.06. The molecule has 0 radical (unpaired) electrons.